The van der Waals surface area contributed by atoms with Crippen LogP contribution in [0.1, 0.15) is 6.42 Å². The first-order valence-corrected chi connectivity index (χ1v) is 3.65. The van der Waals surface area contributed by atoms with Crippen molar-refractivity contribution in [2.24, 2.45) is 0 Å². The van der Waals surface area contributed by atoms with E-state index in [4.69, 9.17) is 0 Å². The molecule has 0 radical (unpaired) electrons. The highest BCUT2D eigenvalue weighted by molar-refractivity contribution is 7.81. The summed E-state index contributed by atoms with van der Waals surface area (Å²) in [6, 6.07) is -0.282. The Hall–Kier alpha value is -0.350. The molecule has 0 aromatic rings. The number of thiol groups is 1. The highest BCUT2D eigenvalue weighted by atomic mass is 32.1. The number of Topliss-reactive ketones (excluding diaryl/α,β-unsaturated/α-hetero) is 1. The fourth-order valence-corrected chi connectivity index (χ4v) is 1.11. The van der Waals surface area contributed by atoms with Crippen LogP contribution in [0.5, 0.6) is 0 Å². The minimum absolute atomic E-state index is 0.0548. The van der Waals surface area contributed by atoms with Gasteiger partial charge in [0, 0.05) is 13.0 Å². The zero-order chi connectivity index (χ0) is 7.56. The van der Waals surface area contributed by atoms with Crippen LogP contribution in [0.25, 0.3) is 0 Å². The first-order chi connectivity index (χ1) is 4.74. The monoisotopic (exact) mass is 159 g/mol. The van der Waals surface area contributed by atoms with Crippen molar-refractivity contribution in [2.45, 2.75) is 17.7 Å². The minimum Gasteiger partial charge on any atom is -0.306 e. The number of carbonyl (C=O) groups excluding carboxylic acids is 2. The number of rotatable bonds is 1. The summed E-state index contributed by atoms with van der Waals surface area (Å²) in [6.45, 7) is 0.505. The average Bonchev–Trinajstić information content (AvgIpc) is 1.95. The summed E-state index contributed by atoms with van der Waals surface area (Å²) >= 11 is 4.01. The Kier molecular flexibility index (Phi) is 2.45. The van der Waals surface area contributed by atoms with E-state index in [0.717, 1.165) is 6.29 Å². The van der Waals surface area contributed by atoms with Crippen molar-refractivity contribution in [1.82, 2.24) is 5.32 Å². The number of ketones is 1. The Labute approximate surface area is 64.6 Å². The Balaban J connectivity index is 2.48. The van der Waals surface area contributed by atoms with Gasteiger partial charge in [-0.25, -0.2) is 0 Å². The van der Waals surface area contributed by atoms with E-state index >= 15 is 0 Å². The molecule has 0 aliphatic carbocycles. The van der Waals surface area contributed by atoms with E-state index in [1.807, 2.05) is 0 Å². The fourth-order valence-electron chi connectivity index (χ4n) is 0.898. The zero-order valence-electron chi connectivity index (χ0n) is 5.41. The van der Waals surface area contributed by atoms with Crippen LogP contribution < -0.4 is 5.32 Å². The van der Waals surface area contributed by atoms with Crippen molar-refractivity contribution >= 4 is 24.7 Å². The molecule has 10 heavy (non-hydrogen) atoms. The van der Waals surface area contributed by atoms with E-state index in [1.165, 1.54) is 0 Å². The maximum Gasteiger partial charge on any atom is 0.148 e. The molecular formula is C6H9NO2S. The first kappa shape index (κ1) is 7.75. The molecule has 2 atom stereocenters. The summed E-state index contributed by atoms with van der Waals surface area (Å²) in [6.07, 6.45) is 1.05. The van der Waals surface area contributed by atoms with Gasteiger partial charge in [0.15, 0.2) is 0 Å². The number of piperidine rings is 1. The molecule has 0 amide bonds. The molecule has 0 aromatic heterocycles. The lowest BCUT2D eigenvalue weighted by atomic mass is 10.0. The quantitative estimate of drug-likeness (QED) is 0.397. The van der Waals surface area contributed by atoms with Crippen molar-refractivity contribution in [3.8, 4) is 0 Å². The van der Waals surface area contributed by atoms with Gasteiger partial charge in [0.2, 0.25) is 0 Å². The SMILES string of the molecule is O=CC1CC(=O)C(S)CN1. The van der Waals surface area contributed by atoms with E-state index < -0.39 is 0 Å². The molecule has 56 valence electrons. The predicted molar refractivity (Wildman–Crippen MR) is 40.3 cm³/mol. The highest BCUT2D eigenvalue weighted by Gasteiger charge is 2.24. The van der Waals surface area contributed by atoms with E-state index in [2.05, 4.69) is 17.9 Å². The van der Waals surface area contributed by atoms with Crippen LogP contribution in [0.2, 0.25) is 0 Å². The Morgan fingerprint density at radius 1 is 1.70 bits per heavy atom. The normalized spacial score (nSPS) is 33.9. The molecule has 0 bridgehead atoms. The van der Waals surface area contributed by atoms with E-state index in [-0.39, 0.29) is 23.5 Å². The molecule has 1 heterocycles. The van der Waals surface area contributed by atoms with Gasteiger partial charge < -0.3 is 10.1 Å². The lowest BCUT2D eigenvalue weighted by Gasteiger charge is -2.21. The molecule has 1 fully saturated rings. The lowest BCUT2D eigenvalue weighted by molar-refractivity contribution is -0.122. The Bertz CT molecular complexity index is 160. The second-order valence-electron chi connectivity index (χ2n) is 2.34. The maximum atomic E-state index is 10.9. The molecule has 0 spiro atoms. The van der Waals surface area contributed by atoms with Gasteiger partial charge in [0.1, 0.15) is 12.1 Å². The summed E-state index contributed by atoms with van der Waals surface area (Å²) in [4.78, 5) is 21.1. The number of carbonyl (C=O) groups is 2. The third-order valence-electron chi connectivity index (χ3n) is 1.53. The van der Waals surface area contributed by atoms with Gasteiger partial charge in [0.25, 0.3) is 0 Å². The van der Waals surface area contributed by atoms with Gasteiger partial charge in [-0.3, -0.25) is 4.79 Å². The van der Waals surface area contributed by atoms with Gasteiger partial charge in [-0.2, -0.15) is 12.6 Å². The topological polar surface area (TPSA) is 46.2 Å². The summed E-state index contributed by atoms with van der Waals surface area (Å²) in [5.74, 6) is 0.0548. The largest absolute Gasteiger partial charge is 0.306 e. The third-order valence-corrected chi connectivity index (χ3v) is 2.00. The second-order valence-corrected chi connectivity index (χ2v) is 2.96. The number of hydrogen-bond acceptors (Lipinski definition) is 4. The predicted octanol–water partition coefficient (Wildman–Crippen LogP) is -0.585. The highest BCUT2D eigenvalue weighted by Crippen LogP contribution is 2.06. The van der Waals surface area contributed by atoms with Crippen molar-refractivity contribution in [1.29, 1.82) is 0 Å². The first-order valence-electron chi connectivity index (χ1n) is 3.13. The molecule has 1 rings (SSSR count). The van der Waals surface area contributed by atoms with E-state index in [9.17, 15) is 9.59 Å². The van der Waals surface area contributed by atoms with Crippen molar-refractivity contribution in [3.63, 3.8) is 0 Å². The van der Waals surface area contributed by atoms with Crippen LogP contribution in [0.15, 0.2) is 0 Å². The third kappa shape index (κ3) is 1.58. The smallest absolute Gasteiger partial charge is 0.148 e. The molecule has 1 saturated heterocycles. The number of hydrogen-bond donors (Lipinski definition) is 2. The van der Waals surface area contributed by atoms with Crippen LogP contribution in [0.4, 0.5) is 0 Å². The van der Waals surface area contributed by atoms with Gasteiger partial charge in [-0.1, -0.05) is 0 Å². The standard InChI is InChI=1S/C6H9NO2S/c8-3-4-1-5(9)6(10)2-7-4/h3-4,6-7,10H,1-2H2. The van der Waals surface area contributed by atoms with Crippen LogP contribution in [-0.4, -0.2) is 29.9 Å². The van der Waals surface area contributed by atoms with Crippen LogP contribution in [0.3, 0.4) is 0 Å². The minimum atomic E-state index is -0.282. The molecule has 1 aliphatic rings. The van der Waals surface area contributed by atoms with Gasteiger partial charge >= 0.3 is 0 Å². The molecule has 0 saturated carbocycles. The zero-order valence-corrected chi connectivity index (χ0v) is 6.30. The molecule has 2 unspecified atom stereocenters. The van der Waals surface area contributed by atoms with Gasteiger partial charge in [-0.05, 0) is 0 Å². The van der Waals surface area contributed by atoms with E-state index in [0.29, 0.717) is 6.54 Å². The summed E-state index contributed by atoms with van der Waals surface area (Å²) in [5.41, 5.74) is 0. The average molecular weight is 159 g/mol. The van der Waals surface area contributed by atoms with Crippen molar-refractivity contribution < 1.29 is 9.59 Å². The lowest BCUT2D eigenvalue weighted by Crippen LogP contribution is -2.45. The Morgan fingerprint density at radius 2 is 2.40 bits per heavy atom. The Morgan fingerprint density at radius 3 is 2.90 bits per heavy atom. The van der Waals surface area contributed by atoms with Gasteiger partial charge in [-0.15, -0.1) is 0 Å². The molecule has 0 aromatic carbocycles. The summed E-state index contributed by atoms with van der Waals surface area (Å²) in [5, 5.41) is 2.66. The second kappa shape index (κ2) is 3.16. The van der Waals surface area contributed by atoms with E-state index in [1.54, 1.807) is 0 Å². The number of nitrogens with one attached hydrogen (secondary N) is 1. The molecular weight excluding hydrogens is 150 g/mol. The van der Waals surface area contributed by atoms with Crippen molar-refractivity contribution in [3.05, 3.63) is 0 Å². The summed E-state index contributed by atoms with van der Waals surface area (Å²) < 4.78 is 0. The van der Waals surface area contributed by atoms with Crippen LogP contribution in [0, 0.1) is 0 Å². The molecule has 4 heteroatoms. The number of aldehydes is 1. The van der Waals surface area contributed by atoms with Crippen molar-refractivity contribution in [2.75, 3.05) is 6.54 Å². The van der Waals surface area contributed by atoms with Gasteiger partial charge in [0.05, 0.1) is 11.3 Å². The summed E-state index contributed by atoms with van der Waals surface area (Å²) in [7, 11) is 0. The molecule has 1 N–H and O–H groups in total. The molecule has 1 aliphatic heterocycles. The maximum absolute atomic E-state index is 10.9. The fraction of sp³-hybridized carbons (Fsp3) is 0.667. The van der Waals surface area contributed by atoms with Crippen LogP contribution >= 0.6 is 12.6 Å². The van der Waals surface area contributed by atoms with Crippen LogP contribution in [-0.2, 0) is 9.59 Å². The molecule has 3 nitrogen and oxygen atoms in total.